The Morgan fingerprint density at radius 2 is 1.91 bits per heavy atom. The summed E-state index contributed by atoms with van der Waals surface area (Å²) in [7, 11) is 1.48. The van der Waals surface area contributed by atoms with Gasteiger partial charge in [-0.3, -0.25) is 19.7 Å². The van der Waals surface area contributed by atoms with Crippen molar-refractivity contribution in [3.8, 4) is 5.75 Å². The number of aliphatic hydroxyl groups is 1. The Morgan fingerprint density at radius 3 is 2.56 bits per heavy atom. The molecule has 1 aliphatic heterocycles. The molecule has 32 heavy (non-hydrogen) atoms. The van der Waals surface area contributed by atoms with Crippen molar-refractivity contribution in [3.63, 3.8) is 0 Å². The maximum atomic E-state index is 12.9. The van der Waals surface area contributed by atoms with Crippen LogP contribution < -0.4 is 4.74 Å². The highest BCUT2D eigenvalue weighted by atomic mass is 16.6. The van der Waals surface area contributed by atoms with E-state index < -0.39 is 28.4 Å². The average molecular weight is 440 g/mol. The number of nitro groups is 1. The van der Waals surface area contributed by atoms with Crippen molar-refractivity contribution in [2.45, 2.75) is 26.0 Å². The van der Waals surface area contributed by atoms with Crippen LogP contribution >= 0.6 is 0 Å². The van der Waals surface area contributed by atoms with E-state index in [0.29, 0.717) is 11.3 Å². The largest absolute Gasteiger partial charge is 0.507 e. The van der Waals surface area contributed by atoms with Crippen LogP contribution in [0.4, 0.5) is 5.69 Å². The monoisotopic (exact) mass is 440 g/mol. The van der Waals surface area contributed by atoms with Crippen LogP contribution in [0.2, 0.25) is 0 Å². The summed E-state index contributed by atoms with van der Waals surface area (Å²) in [6.07, 6.45) is -0.0880. The number of nitro benzene ring substituents is 1. The molecule has 9 nitrogen and oxygen atoms in total. The summed E-state index contributed by atoms with van der Waals surface area (Å²) in [5.74, 6) is -1.59. The van der Waals surface area contributed by atoms with E-state index in [-0.39, 0.29) is 36.1 Å². The van der Waals surface area contributed by atoms with Crippen LogP contribution in [-0.2, 0) is 14.3 Å². The summed E-state index contributed by atoms with van der Waals surface area (Å²) >= 11 is 0. The van der Waals surface area contributed by atoms with Crippen molar-refractivity contribution in [1.29, 1.82) is 0 Å². The highest BCUT2D eigenvalue weighted by Gasteiger charge is 2.46. The number of benzene rings is 2. The van der Waals surface area contributed by atoms with E-state index in [9.17, 15) is 24.8 Å². The van der Waals surface area contributed by atoms with Gasteiger partial charge in [-0.25, -0.2) is 0 Å². The Kier molecular flexibility index (Phi) is 6.89. The molecule has 1 saturated heterocycles. The van der Waals surface area contributed by atoms with Crippen molar-refractivity contribution in [2.75, 3.05) is 20.3 Å². The van der Waals surface area contributed by atoms with E-state index in [1.54, 1.807) is 24.3 Å². The van der Waals surface area contributed by atoms with E-state index in [0.717, 1.165) is 6.07 Å². The SMILES string of the molecule is COCCN1C(=O)C(=O)/C(=C(\O)c2cccc([N+](=O)[O-])c2)C1c1cccc(OC(C)C)c1. The molecule has 0 aliphatic carbocycles. The van der Waals surface area contributed by atoms with Gasteiger partial charge in [-0.1, -0.05) is 24.3 Å². The summed E-state index contributed by atoms with van der Waals surface area (Å²) in [6.45, 7) is 4.05. The first kappa shape index (κ1) is 23.0. The molecule has 1 heterocycles. The van der Waals surface area contributed by atoms with Gasteiger partial charge in [0.15, 0.2) is 0 Å². The number of amides is 1. The number of aliphatic hydroxyl groups excluding tert-OH is 1. The predicted octanol–water partition coefficient (Wildman–Crippen LogP) is 3.45. The standard InChI is InChI=1S/C23H24N2O7/c1-14(2)32-18-9-5-6-15(13-18)20-19(22(27)23(28)24(20)10-11-31-3)21(26)16-7-4-8-17(12-16)25(29)30/h4-9,12-14,20,26H,10-11H2,1-3H3/b21-19-. The second kappa shape index (κ2) is 9.61. The molecule has 1 atom stereocenters. The lowest BCUT2D eigenvalue weighted by Crippen LogP contribution is -2.32. The zero-order valence-corrected chi connectivity index (χ0v) is 18.0. The fourth-order valence-electron chi connectivity index (χ4n) is 3.60. The molecule has 1 fully saturated rings. The number of hydrogen-bond donors (Lipinski definition) is 1. The number of carbonyl (C=O) groups excluding carboxylic acids is 2. The molecule has 168 valence electrons. The third-order valence-electron chi connectivity index (χ3n) is 4.95. The molecule has 0 spiro atoms. The van der Waals surface area contributed by atoms with Crippen molar-refractivity contribution in [3.05, 3.63) is 75.3 Å². The topological polar surface area (TPSA) is 119 Å². The van der Waals surface area contributed by atoms with Gasteiger partial charge in [0.25, 0.3) is 17.4 Å². The van der Waals surface area contributed by atoms with E-state index in [1.165, 1.54) is 30.2 Å². The Labute approximate surface area is 185 Å². The first-order valence-corrected chi connectivity index (χ1v) is 10.0. The minimum atomic E-state index is -0.903. The molecule has 2 aromatic carbocycles. The van der Waals surface area contributed by atoms with Crippen molar-refractivity contribution < 1.29 is 29.1 Å². The maximum Gasteiger partial charge on any atom is 0.295 e. The van der Waals surface area contributed by atoms with Crippen LogP contribution in [0.15, 0.2) is 54.1 Å². The lowest BCUT2D eigenvalue weighted by atomic mass is 9.95. The summed E-state index contributed by atoms with van der Waals surface area (Å²) in [5.41, 5.74) is 0.244. The number of methoxy groups -OCH3 is 1. The first-order valence-electron chi connectivity index (χ1n) is 10.0. The molecule has 3 rings (SSSR count). The van der Waals surface area contributed by atoms with Gasteiger partial charge < -0.3 is 19.5 Å². The van der Waals surface area contributed by atoms with E-state index in [1.807, 2.05) is 13.8 Å². The van der Waals surface area contributed by atoms with E-state index in [2.05, 4.69) is 0 Å². The molecule has 1 unspecified atom stereocenters. The molecule has 0 aromatic heterocycles. The number of hydrogen-bond acceptors (Lipinski definition) is 7. The Balaban J connectivity index is 2.17. The second-order valence-corrected chi connectivity index (χ2v) is 7.53. The first-order chi connectivity index (χ1) is 15.2. The Bertz CT molecular complexity index is 1080. The quantitative estimate of drug-likeness (QED) is 0.219. The number of carbonyl (C=O) groups is 2. The molecule has 9 heteroatoms. The summed E-state index contributed by atoms with van der Waals surface area (Å²) in [6, 6.07) is 11.3. The highest BCUT2D eigenvalue weighted by Crippen LogP contribution is 2.40. The van der Waals surface area contributed by atoms with Gasteiger partial charge >= 0.3 is 0 Å². The van der Waals surface area contributed by atoms with Crippen molar-refractivity contribution in [1.82, 2.24) is 4.90 Å². The predicted molar refractivity (Wildman–Crippen MR) is 116 cm³/mol. The minimum Gasteiger partial charge on any atom is -0.507 e. The number of rotatable bonds is 8. The van der Waals surface area contributed by atoms with Gasteiger partial charge in [0, 0.05) is 31.4 Å². The molecule has 1 N–H and O–H groups in total. The third-order valence-corrected chi connectivity index (χ3v) is 4.95. The number of Topliss-reactive ketones (excluding diaryl/α,β-unsaturated/α-hetero) is 1. The Morgan fingerprint density at radius 1 is 1.19 bits per heavy atom. The third kappa shape index (κ3) is 4.62. The molecule has 1 aliphatic rings. The number of non-ortho nitro benzene ring substituents is 1. The lowest BCUT2D eigenvalue weighted by molar-refractivity contribution is -0.384. The van der Waals surface area contributed by atoms with Gasteiger partial charge in [0.05, 0.1) is 29.2 Å². The number of ketones is 1. The smallest absolute Gasteiger partial charge is 0.295 e. The molecule has 0 bridgehead atoms. The van der Waals surface area contributed by atoms with Crippen LogP contribution in [0, 0.1) is 10.1 Å². The molecular weight excluding hydrogens is 416 g/mol. The van der Waals surface area contributed by atoms with Gasteiger partial charge in [-0.15, -0.1) is 0 Å². The van der Waals surface area contributed by atoms with Crippen LogP contribution in [-0.4, -0.2) is 53.0 Å². The van der Waals surface area contributed by atoms with Crippen LogP contribution in [0.3, 0.4) is 0 Å². The van der Waals surface area contributed by atoms with E-state index in [4.69, 9.17) is 9.47 Å². The zero-order valence-electron chi connectivity index (χ0n) is 18.0. The van der Waals surface area contributed by atoms with Crippen molar-refractivity contribution >= 4 is 23.1 Å². The van der Waals surface area contributed by atoms with Gasteiger partial charge in [-0.2, -0.15) is 0 Å². The molecular formula is C23H24N2O7. The molecule has 2 aromatic rings. The number of nitrogens with zero attached hydrogens (tertiary/aromatic N) is 2. The van der Waals surface area contributed by atoms with E-state index >= 15 is 0 Å². The minimum absolute atomic E-state index is 0.0727. The number of ether oxygens (including phenoxy) is 2. The maximum absolute atomic E-state index is 12.9. The van der Waals surface area contributed by atoms with Crippen LogP contribution in [0.25, 0.3) is 5.76 Å². The molecule has 1 amide bonds. The zero-order chi connectivity index (χ0) is 23.4. The lowest BCUT2D eigenvalue weighted by Gasteiger charge is -2.25. The Hall–Kier alpha value is -3.72. The van der Waals surface area contributed by atoms with Crippen molar-refractivity contribution in [2.24, 2.45) is 0 Å². The van der Waals surface area contributed by atoms with Gasteiger partial charge in [-0.05, 0) is 31.5 Å². The van der Waals surface area contributed by atoms with Crippen LogP contribution in [0.1, 0.15) is 31.0 Å². The summed E-state index contributed by atoms with van der Waals surface area (Å²) in [5, 5.41) is 22.1. The molecule has 0 saturated carbocycles. The summed E-state index contributed by atoms with van der Waals surface area (Å²) in [4.78, 5) is 37.6. The van der Waals surface area contributed by atoms with Gasteiger partial charge in [0.2, 0.25) is 0 Å². The highest BCUT2D eigenvalue weighted by molar-refractivity contribution is 6.46. The summed E-state index contributed by atoms with van der Waals surface area (Å²) < 4.78 is 10.8. The van der Waals surface area contributed by atoms with Gasteiger partial charge in [0.1, 0.15) is 11.5 Å². The normalized spacial score (nSPS) is 17.8. The molecule has 0 radical (unpaired) electrons. The fraction of sp³-hybridized carbons (Fsp3) is 0.304. The fourth-order valence-corrected chi connectivity index (χ4v) is 3.60. The second-order valence-electron chi connectivity index (χ2n) is 7.53. The number of likely N-dealkylation sites (tertiary alicyclic amines) is 1. The average Bonchev–Trinajstić information content (AvgIpc) is 3.01. The van der Waals surface area contributed by atoms with Crippen LogP contribution in [0.5, 0.6) is 5.75 Å².